The second-order valence-corrected chi connectivity index (χ2v) is 10.1. The van der Waals surface area contributed by atoms with Gasteiger partial charge < -0.3 is 9.84 Å². The maximum atomic E-state index is 9.55. The summed E-state index contributed by atoms with van der Waals surface area (Å²) in [5.41, 5.74) is 2.90. The Morgan fingerprint density at radius 2 is 1.69 bits per heavy atom. The van der Waals surface area contributed by atoms with Crippen LogP contribution in [0.15, 0.2) is 36.4 Å². The van der Waals surface area contributed by atoms with Crippen LogP contribution in [0.5, 0.6) is 5.75 Å². The first-order valence-corrected chi connectivity index (χ1v) is 12.1. The average molecular weight is 455 g/mol. The zero-order chi connectivity index (χ0) is 21.4. The van der Waals surface area contributed by atoms with Gasteiger partial charge in [-0.2, -0.15) is 11.8 Å². The van der Waals surface area contributed by atoms with E-state index in [0.29, 0.717) is 22.9 Å². The second kappa shape index (κ2) is 11.5. The van der Waals surface area contributed by atoms with Gasteiger partial charge in [0.05, 0.1) is 12.7 Å². The average Bonchev–Trinajstić information content (AvgIpc) is 2.67. The zero-order valence-corrected chi connectivity index (χ0v) is 20.1. The smallest absolute Gasteiger partial charge is 0.119 e. The molecule has 2 rings (SSSR count). The first kappa shape index (κ1) is 24.4. The molecule has 1 N–H and O–H groups in total. The number of ether oxygens (including phenoxy) is 1. The van der Waals surface area contributed by atoms with Gasteiger partial charge in [-0.3, -0.25) is 0 Å². The fourth-order valence-corrected chi connectivity index (χ4v) is 4.47. The van der Waals surface area contributed by atoms with Gasteiger partial charge in [-0.05, 0) is 78.6 Å². The molecule has 2 aromatic carbocycles. The van der Waals surface area contributed by atoms with E-state index in [-0.39, 0.29) is 11.5 Å². The van der Waals surface area contributed by atoms with Crippen molar-refractivity contribution in [3.63, 3.8) is 0 Å². The summed E-state index contributed by atoms with van der Waals surface area (Å²) in [5.74, 6) is 3.19. The summed E-state index contributed by atoms with van der Waals surface area (Å²) >= 11 is 15.0. The number of aliphatic hydroxyl groups is 1. The van der Waals surface area contributed by atoms with Crippen molar-refractivity contribution in [2.45, 2.75) is 58.5 Å². The van der Waals surface area contributed by atoms with Gasteiger partial charge in [-0.25, -0.2) is 0 Å². The van der Waals surface area contributed by atoms with Gasteiger partial charge >= 0.3 is 0 Å². The van der Waals surface area contributed by atoms with Crippen molar-refractivity contribution < 1.29 is 9.84 Å². The van der Waals surface area contributed by atoms with E-state index in [4.69, 9.17) is 27.9 Å². The highest BCUT2D eigenvalue weighted by Gasteiger charge is 2.25. The number of halogens is 2. The summed E-state index contributed by atoms with van der Waals surface area (Å²) in [7, 11) is 0. The summed E-state index contributed by atoms with van der Waals surface area (Å²) in [4.78, 5) is 0. The van der Waals surface area contributed by atoms with Crippen LogP contribution in [0.3, 0.4) is 0 Å². The van der Waals surface area contributed by atoms with Crippen LogP contribution < -0.4 is 4.74 Å². The van der Waals surface area contributed by atoms with E-state index in [0.717, 1.165) is 41.4 Å². The minimum Gasteiger partial charge on any atom is -0.494 e. The molecule has 0 saturated heterocycles. The molecule has 0 spiro atoms. The van der Waals surface area contributed by atoms with E-state index < -0.39 is 0 Å². The first-order valence-electron chi connectivity index (χ1n) is 10.2. The third kappa shape index (κ3) is 7.10. The molecule has 0 aromatic heterocycles. The topological polar surface area (TPSA) is 29.5 Å². The minimum atomic E-state index is -0.371. The van der Waals surface area contributed by atoms with Gasteiger partial charge in [0.15, 0.2) is 0 Å². The van der Waals surface area contributed by atoms with Crippen molar-refractivity contribution in [2.75, 3.05) is 18.1 Å². The van der Waals surface area contributed by atoms with E-state index >= 15 is 0 Å². The molecule has 2 nitrogen and oxygen atoms in total. The predicted octanol–water partition coefficient (Wildman–Crippen LogP) is 7.15. The van der Waals surface area contributed by atoms with Gasteiger partial charge in [0, 0.05) is 15.5 Å². The van der Waals surface area contributed by atoms with Crippen LogP contribution in [0.4, 0.5) is 0 Å². The lowest BCUT2D eigenvalue weighted by molar-refractivity contribution is 0.185. The predicted molar refractivity (Wildman–Crippen MR) is 128 cm³/mol. The zero-order valence-electron chi connectivity index (χ0n) is 17.8. The second-order valence-electron chi connectivity index (χ2n) is 7.85. The molecule has 29 heavy (non-hydrogen) atoms. The Kier molecular flexibility index (Phi) is 9.68. The Balaban J connectivity index is 2.11. The Morgan fingerprint density at radius 3 is 2.24 bits per heavy atom. The number of hydrogen-bond acceptors (Lipinski definition) is 3. The minimum absolute atomic E-state index is 0.244. The third-order valence-electron chi connectivity index (χ3n) is 5.16. The molecule has 0 saturated carbocycles. The van der Waals surface area contributed by atoms with Gasteiger partial charge in [0.2, 0.25) is 0 Å². The highest BCUT2D eigenvalue weighted by molar-refractivity contribution is 7.99. The SMILES string of the molecule is CCSCCCOc1ccc(C(C)(C)c2cc(Cl)c(CCC(C)O)c(Cl)c2)cc1. The summed E-state index contributed by atoms with van der Waals surface area (Å²) in [6, 6.07) is 12.3. The monoisotopic (exact) mass is 454 g/mol. The lowest BCUT2D eigenvalue weighted by Crippen LogP contribution is -2.19. The van der Waals surface area contributed by atoms with Gasteiger partial charge in [0.25, 0.3) is 0 Å². The number of benzene rings is 2. The number of thioether (sulfide) groups is 1. The number of rotatable bonds is 11. The van der Waals surface area contributed by atoms with Crippen molar-refractivity contribution >= 4 is 35.0 Å². The molecule has 0 fully saturated rings. The number of aliphatic hydroxyl groups excluding tert-OH is 1. The Bertz CT molecular complexity index is 750. The Hall–Kier alpha value is -0.870. The van der Waals surface area contributed by atoms with Crippen LogP contribution in [0.2, 0.25) is 10.0 Å². The van der Waals surface area contributed by atoms with Gasteiger partial charge in [-0.1, -0.05) is 56.1 Å². The van der Waals surface area contributed by atoms with E-state index in [9.17, 15) is 5.11 Å². The summed E-state index contributed by atoms with van der Waals surface area (Å²) in [6.07, 6.45) is 1.99. The molecular formula is C24H32Cl2O2S. The lowest BCUT2D eigenvalue weighted by Gasteiger charge is -2.27. The van der Waals surface area contributed by atoms with Gasteiger partial charge in [-0.15, -0.1) is 0 Å². The Labute approximate surface area is 190 Å². The van der Waals surface area contributed by atoms with Crippen molar-refractivity contribution in [1.29, 1.82) is 0 Å². The summed E-state index contributed by atoms with van der Waals surface area (Å²) in [5, 5.41) is 10.9. The van der Waals surface area contributed by atoms with Gasteiger partial charge in [0.1, 0.15) is 5.75 Å². The highest BCUT2D eigenvalue weighted by atomic mass is 35.5. The van der Waals surface area contributed by atoms with Crippen molar-refractivity contribution in [1.82, 2.24) is 0 Å². The van der Waals surface area contributed by atoms with Crippen LogP contribution in [-0.4, -0.2) is 29.3 Å². The molecule has 0 amide bonds. The maximum Gasteiger partial charge on any atom is 0.119 e. The van der Waals surface area contributed by atoms with Crippen molar-refractivity contribution in [2.24, 2.45) is 0 Å². The molecule has 0 aliphatic heterocycles. The molecule has 1 unspecified atom stereocenters. The van der Waals surface area contributed by atoms with E-state index in [1.807, 2.05) is 36.0 Å². The fraction of sp³-hybridized carbons (Fsp3) is 0.500. The molecule has 0 bridgehead atoms. The van der Waals surface area contributed by atoms with Crippen LogP contribution in [0, 0.1) is 0 Å². The highest BCUT2D eigenvalue weighted by Crippen LogP contribution is 2.37. The van der Waals surface area contributed by atoms with E-state index in [1.54, 1.807) is 6.92 Å². The van der Waals surface area contributed by atoms with Crippen molar-refractivity contribution in [3.8, 4) is 5.75 Å². The van der Waals surface area contributed by atoms with Crippen LogP contribution in [0.25, 0.3) is 0 Å². The normalized spacial score (nSPS) is 12.8. The molecule has 0 radical (unpaired) electrons. The van der Waals surface area contributed by atoms with Crippen LogP contribution in [-0.2, 0) is 11.8 Å². The molecule has 160 valence electrons. The molecular weight excluding hydrogens is 423 g/mol. The summed E-state index contributed by atoms with van der Waals surface area (Å²) < 4.78 is 5.85. The van der Waals surface area contributed by atoms with Crippen LogP contribution >= 0.6 is 35.0 Å². The molecule has 0 aliphatic carbocycles. The van der Waals surface area contributed by atoms with Crippen LogP contribution in [0.1, 0.15) is 57.2 Å². The first-order chi connectivity index (χ1) is 13.8. The maximum absolute atomic E-state index is 9.55. The molecule has 0 heterocycles. The lowest BCUT2D eigenvalue weighted by atomic mass is 9.78. The van der Waals surface area contributed by atoms with Crippen molar-refractivity contribution in [3.05, 3.63) is 63.1 Å². The molecule has 1 atom stereocenters. The molecule has 2 aromatic rings. The fourth-order valence-electron chi connectivity index (χ4n) is 3.19. The largest absolute Gasteiger partial charge is 0.494 e. The summed E-state index contributed by atoms with van der Waals surface area (Å²) in [6.45, 7) is 9.03. The standard InChI is InChI=1S/C24H32Cl2O2S/c1-5-29-14-6-13-28-20-10-8-18(9-11-20)24(3,4)19-15-22(25)21(23(26)16-19)12-7-17(2)27/h8-11,15-17,27H,5-7,12-14H2,1-4H3. The molecule has 5 heteroatoms. The quantitative estimate of drug-likeness (QED) is 0.365. The number of hydrogen-bond donors (Lipinski definition) is 1. The van der Waals surface area contributed by atoms with E-state index in [1.165, 1.54) is 5.56 Å². The third-order valence-corrected chi connectivity index (χ3v) is 6.82. The molecule has 0 aliphatic rings. The van der Waals surface area contributed by atoms with E-state index in [2.05, 4.69) is 32.9 Å². The Morgan fingerprint density at radius 1 is 1.07 bits per heavy atom.